The summed E-state index contributed by atoms with van der Waals surface area (Å²) in [4.78, 5) is 11.8. The van der Waals surface area contributed by atoms with Gasteiger partial charge in [0.1, 0.15) is 0 Å². The summed E-state index contributed by atoms with van der Waals surface area (Å²) in [5.74, 6) is 0.0285. The average molecular weight is 280 g/mol. The summed E-state index contributed by atoms with van der Waals surface area (Å²) in [6.45, 7) is 11.7. The van der Waals surface area contributed by atoms with Gasteiger partial charge in [0.2, 0.25) is 5.91 Å². The van der Waals surface area contributed by atoms with E-state index in [9.17, 15) is 4.79 Å². The van der Waals surface area contributed by atoms with Crippen LogP contribution in [0.1, 0.15) is 45.0 Å². The summed E-state index contributed by atoms with van der Waals surface area (Å²) in [6, 6.07) is 1.94. The zero-order chi connectivity index (χ0) is 15.3. The molecule has 20 heavy (non-hydrogen) atoms. The Morgan fingerprint density at radius 3 is 2.60 bits per heavy atom. The Morgan fingerprint density at radius 2 is 2.10 bits per heavy atom. The normalized spacial score (nSPS) is 13.3. The van der Waals surface area contributed by atoms with E-state index in [0.29, 0.717) is 13.0 Å². The highest BCUT2D eigenvalue weighted by Crippen LogP contribution is 2.19. The number of hydrogen-bond acceptors (Lipinski definition) is 3. The maximum absolute atomic E-state index is 11.8. The van der Waals surface area contributed by atoms with Crippen LogP contribution in [0.15, 0.2) is 6.07 Å². The van der Waals surface area contributed by atoms with Crippen LogP contribution in [-0.4, -0.2) is 28.3 Å². The summed E-state index contributed by atoms with van der Waals surface area (Å²) in [7, 11) is 0. The van der Waals surface area contributed by atoms with Gasteiger partial charge >= 0.3 is 0 Å². The predicted molar refractivity (Wildman–Crippen MR) is 81.4 cm³/mol. The van der Waals surface area contributed by atoms with Gasteiger partial charge in [-0.15, -0.1) is 0 Å². The largest absolute Gasteiger partial charge is 0.356 e. The molecule has 114 valence electrons. The molecule has 1 heterocycles. The zero-order valence-electron chi connectivity index (χ0n) is 13.4. The zero-order valence-corrected chi connectivity index (χ0v) is 13.4. The lowest BCUT2D eigenvalue weighted by Crippen LogP contribution is -2.40. The van der Waals surface area contributed by atoms with Crippen molar-refractivity contribution in [2.24, 2.45) is 11.1 Å². The number of carbonyl (C=O) groups excluding carboxylic acids is 1. The molecule has 1 aromatic heterocycles. The quantitative estimate of drug-likeness (QED) is 0.780. The summed E-state index contributed by atoms with van der Waals surface area (Å²) >= 11 is 0. The third kappa shape index (κ3) is 5.33. The molecule has 0 aliphatic rings. The average Bonchev–Trinajstić information content (AvgIpc) is 2.62. The van der Waals surface area contributed by atoms with Crippen molar-refractivity contribution >= 4 is 5.91 Å². The molecule has 0 bridgehead atoms. The molecule has 1 atom stereocenters. The molecular formula is C15H28N4O. The van der Waals surface area contributed by atoms with E-state index in [-0.39, 0.29) is 17.4 Å². The van der Waals surface area contributed by atoms with E-state index < -0.39 is 0 Å². The number of hydrogen-bond donors (Lipinski definition) is 2. The van der Waals surface area contributed by atoms with Crippen molar-refractivity contribution in [3.8, 4) is 0 Å². The van der Waals surface area contributed by atoms with Crippen molar-refractivity contribution in [2.75, 3.05) is 6.54 Å². The molecule has 0 aromatic carbocycles. The maximum atomic E-state index is 11.8. The van der Waals surface area contributed by atoms with Crippen LogP contribution >= 0.6 is 0 Å². The molecular weight excluding hydrogens is 252 g/mol. The monoisotopic (exact) mass is 280 g/mol. The van der Waals surface area contributed by atoms with E-state index in [1.54, 1.807) is 0 Å². The topological polar surface area (TPSA) is 72.9 Å². The van der Waals surface area contributed by atoms with E-state index in [4.69, 9.17) is 5.73 Å². The SMILES string of the molecule is Cc1cc(C)n(CCCNC(=O)CC(N)C(C)(C)C)n1. The van der Waals surface area contributed by atoms with E-state index in [1.165, 1.54) is 0 Å². The first-order valence-corrected chi connectivity index (χ1v) is 7.23. The number of aryl methyl sites for hydroxylation is 3. The van der Waals surface area contributed by atoms with Gasteiger partial charge in [0, 0.05) is 31.2 Å². The van der Waals surface area contributed by atoms with Gasteiger partial charge in [0.15, 0.2) is 0 Å². The Balaban J connectivity index is 2.24. The van der Waals surface area contributed by atoms with E-state index >= 15 is 0 Å². The first kappa shape index (κ1) is 16.7. The van der Waals surface area contributed by atoms with Crippen molar-refractivity contribution in [1.82, 2.24) is 15.1 Å². The highest BCUT2D eigenvalue weighted by atomic mass is 16.1. The molecule has 5 heteroatoms. The van der Waals surface area contributed by atoms with Crippen LogP contribution in [-0.2, 0) is 11.3 Å². The first-order chi connectivity index (χ1) is 9.20. The highest BCUT2D eigenvalue weighted by molar-refractivity contribution is 5.76. The fourth-order valence-corrected chi connectivity index (χ4v) is 1.94. The number of nitrogens with one attached hydrogen (secondary N) is 1. The van der Waals surface area contributed by atoms with Gasteiger partial charge < -0.3 is 11.1 Å². The van der Waals surface area contributed by atoms with Crippen LogP contribution in [0.3, 0.4) is 0 Å². The fraction of sp³-hybridized carbons (Fsp3) is 0.733. The second-order valence-electron chi connectivity index (χ2n) is 6.53. The van der Waals surface area contributed by atoms with Gasteiger partial charge in [-0.3, -0.25) is 9.48 Å². The van der Waals surface area contributed by atoms with Gasteiger partial charge in [-0.05, 0) is 31.7 Å². The van der Waals surface area contributed by atoms with Gasteiger partial charge in [0.05, 0.1) is 5.69 Å². The number of rotatable bonds is 6. The van der Waals surface area contributed by atoms with Crippen LogP contribution in [0.4, 0.5) is 0 Å². The van der Waals surface area contributed by atoms with Crippen molar-refractivity contribution in [3.63, 3.8) is 0 Å². The second kappa shape index (κ2) is 6.88. The number of nitrogens with two attached hydrogens (primary N) is 1. The van der Waals surface area contributed by atoms with Gasteiger partial charge in [-0.2, -0.15) is 5.10 Å². The molecule has 3 N–H and O–H groups in total. The highest BCUT2D eigenvalue weighted by Gasteiger charge is 2.22. The number of aromatic nitrogens is 2. The lowest BCUT2D eigenvalue weighted by Gasteiger charge is -2.26. The Bertz CT molecular complexity index is 445. The summed E-state index contributed by atoms with van der Waals surface area (Å²) in [6.07, 6.45) is 1.25. The third-order valence-corrected chi connectivity index (χ3v) is 3.49. The molecule has 1 aromatic rings. The Kier molecular flexibility index (Phi) is 5.74. The fourth-order valence-electron chi connectivity index (χ4n) is 1.94. The molecule has 0 radical (unpaired) electrons. The minimum Gasteiger partial charge on any atom is -0.356 e. The Labute approximate surface area is 121 Å². The van der Waals surface area contributed by atoms with E-state index in [1.807, 2.05) is 39.3 Å². The standard InChI is InChI=1S/C15H28N4O/c1-11-9-12(2)19(18-11)8-6-7-17-14(20)10-13(16)15(3,4)5/h9,13H,6-8,10,16H2,1-5H3,(H,17,20). The molecule has 0 aliphatic heterocycles. The molecule has 0 fully saturated rings. The predicted octanol–water partition coefficient (Wildman–Crippen LogP) is 1.77. The minimum atomic E-state index is -0.112. The summed E-state index contributed by atoms with van der Waals surface area (Å²) in [5, 5.41) is 7.31. The number of nitrogens with zero attached hydrogens (tertiary/aromatic N) is 2. The minimum absolute atomic E-state index is 0.0285. The van der Waals surface area contributed by atoms with Gasteiger partial charge in [-0.1, -0.05) is 20.8 Å². The van der Waals surface area contributed by atoms with Crippen molar-refractivity contribution in [2.45, 2.75) is 60.0 Å². The maximum Gasteiger partial charge on any atom is 0.221 e. The molecule has 5 nitrogen and oxygen atoms in total. The van der Waals surface area contributed by atoms with Crippen LogP contribution in [0.5, 0.6) is 0 Å². The Morgan fingerprint density at radius 1 is 1.45 bits per heavy atom. The van der Waals surface area contributed by atoms with E-state index in [2.05, 4.69) is 16.5 Å². The van der Waals surface area contributed by atoms with Crippen molar-refractivity contribution in [1.29, 1.82) is 0 Å². The van der Waals surface area contributed by atoms with E-state index in [0.717, 1.165) is 24.4 Å². The number of carbonyl (C=O) groups is 1. The molecule has 0 aliphatic carbocycles. The second-order valence-corrected chi connectivity index (χ2v) is 6.53. The summed E-state index contributed by atoms with van der Waals surface area (Å²) < 4.78 is 1.97. The molecule has 1 unspecified atom stereocenters. The van der Waals surface area contributed by atoms with Crippen LogP contribution < -0.4 is 11.1 Å². The summed E-state index contributed by atoms with van der Waals surface area (Å²) in [5.41, 5.74) is 8.14. The van der Waals surface area contributed by atoms with Crippen LogP contribution in [0, 0.1) is 19.3 Å². The van der Waals surface area contributed by atoms with Crippen molar-refractivity contribution < 1.29 is 4.79 Å². The molecule has 0 saturated heterocycles. The molecule has 1 rings (SSSR count). The number of amides is 1. The molecule has 0 saturated carbocycles. The molecule has 1 amide bonds. The molecule has 0 spiro atoms. The lowest BCUT2D eigenvalue weighted by atomic mass is 9.85. The smallest absolute Gasteiger partial charge is 0.221 e. The van der Waals surface area contributed by atoms with Gasteiger partial charge in [-0.25, -0.2) is 0 Å². The van der Waals surface area contributed by atoms with Crippen LogP contribution in [0.2, 0.25) is 0 Å². The third-order valence-electron chi connectivity index (χ3n) is 3.49. The van der Waals surface area contributed by atoms with Crippen molar-refractivity contribution in [3.05, 3.63) is 17.5 Å². The Hall–Kier alpha value is -1.36. The van der Waals surface area contributed by atoms with Gasteiger partial charge in [0.25, 0.3) is 0 Å². The van der Waals surface area contributed by atoms with Crippen LogP contribution in [0.25, 0.3) is 0 Å². The lowest BCUT2D eigenvalue weighted by molar-refractivity contribution is -0.121. The first-order valence-electron chi connectivity index (χ1n) is 7.23.